The lowest BCUT2D eigenvalue weighted by atomic mass is 10.2. The summed E-state index contributed by atoms with van der Waals surface area (Å²) < 4.78 is 0. The molecule has 2 aliphatic rings. The third-order valence-electron chi connectivity index (χ3n) is 2.91. The van der Waals surface area contributed by atoms with Crippen LogP contribution in [0.1, 0.15) is 51.4 Å². The fraction of sp³-hybridized carbons (Fsp3) is 0.923. The van der Waals surface area contributed by atoms with Gasteiger partial charge >= 0.3 is 6.09 Å². The van der Waals surface area contributed by atoms with Crippen LogP contribution in [-0.4, -0.2) is 37.4 Å². The third kappa shape index (κ3) is 22.8. The van der Waals surface area contributed by atoms with E-state index < -0.39 is 6.09 Å². The van der Waals surface area contributed by atoms with Crippen LogP contribution in [0, 0.1) is 0 Å². The van der Waals surface area contributed by atoms with Gasteiger partial charge in [-0.25, -0.2) is 4.79 Å². The van der Waals surface area contributed by atoms with Gasteiger partial charge in [0, 0.05) is 0 Å². The molecule has 6 nitrogen and oxygen atoms in total. The molecule has 0 aromatic rings. The lowest BCUT2D eigenvalue weighted by Crippen LogP contribution is -2.12. The van der Waals surface area contributed by atoms with E-state index in [-0.39, 0.29) is 6.15 Å². The fourth-order valence-electron chi connectivity index (χ4n) is 1.96. The number of rotatable bonds is 0. The van der Waals surface area contributed by atoms with Gasteiger partial charge in [0.05, 0.1) is 0 Å². The van der Waals surface area contributed by atoms with Crippen molar-refractivity contribution in [3.63, 3.8) is 0 Å². The predicted octanol–water partition coefficient (Wildman–Crippen LogP) is 2.09. The van der Waals surface area contributed by atoms with Crippen LogP contribution in [0.3, 0.4) is 0 Å². The summed E-state index contributed by atoms with van der Waals surface area (Å²) in [5, 5.41) is 13.9. The SMILES string of the molecule is C1CCCNCC1.C1CCCNCC1.N.NC(=O)O. The number of hydrogen-bond donors (Lipinski definition) is 5. The average Bonchev–Trinajstić information content (AvgIpc) is 2.79. The lowest BCUT2D eigenvalue weighted by molar-refractivity contribution is 0.205. The highest BCUT2D eigenvalue weighted by Crippen LogP contribution is 2.01. The van der Waals surface area contributed by atoms with Gasteiger partial charge in [-0.1, -0.05) is 25.7 Å². The van der Waals surface area contributed by atoms with Gasteiger partial charge in [0.15, 0.2) is 0 Å². The van der Waals surface area contributed by atoms with Gasteiger partial charge in [0.25, 0.3) is 0 Å². The van der Waals surface area contributed by atoms with Crippen LogP contribution in [0.15, 0.2) is 0 Å². The maximum atomic E-state index is 8.78. The number of nitrogens with one attached hydrogen (secondary N) is 2. The summed E-state index contributed by atoms with van der Waals surface area (Å²) in [6, 6.07) is 0. The van der Waals surface area contributed by atoms with Crippen molar-refractivity contribution in [2.75, 3.05) is 26.2 Å². The Balaban J connectivity index is 0. The van der Waals surface area contributed by atoms with E-state index in [1.54, 1.807) is 0 Å². The molecule has 2 saturated heterocycles. The minimum absolute atomic E-state index is 0. The van der Waals surface area contributed by atoms with Crippen LogP contribution in [0.2, 0.25) is 0 Å². The molecule has 2 heterocycles. The van der Waals surface area contributed by atoms with Gasteiger partial charge in [-0.05, 0) is 51.9 Å². The van der Waals surface area contributed by atoms with Crippen molar-refractivity contribution in [1.29, 1.82) is 0 Å². The van der Waals surface area contributed by atoms with Crippen molar-refractivity contribution < 1.29 is 9.90 Å². The topological polar surface area (TPSA) is 122 Å². The van der Waals surface area contributed by atoms with E-state index in [0.717, 1.165) is 0 Å². The Morgan fingerprint density at radius 2 is 0.947 bits per heavy atom. The van der Waals surface area contributed by atoms with E-state index in [9.17, 15) is 0 Å². The molecular formula is C13H32N4O2. The molecule has 116 valence electrons. The first-order valence-corrected chi connectivity index (χ1v) is 7.13. The molecule has 0 unspecified atom stereocenters. The number of amides is 1. The van der Waals surface area contributed by atoms with Gasteiger partial charge in [-0.2, -0.15) is 0 Å². The van der Waals surface area contributed by atoms with Gasteiger partial charge in [0.1, 0.15) is 0 Å². The third-order valence-corrected chi connectivity index (χ3v) is 2.91. The van der Waals surface area contributed by atoms with Gasteiger partial charge < -0.3 is 27.6 Å². The van der Waals surface area contributed by atoms with Crippen LogP contribution >= 0.6 is 0 Å². The van der Waals surface area contributed by atoms with Crippen LogP contribution in [0.5, 0.6) is 0 Å². The molecule has 2 rings (SSSR count). The second-order valence-electron chi connectivity index (χ2n) is 4.67. The molecule has 8 N–H and O–H groups in total. The zero-order chi connectivity index (χ0) is 13.5. The summed E-state index contributed by atoms with van der Waals surface area (Å²) in [5.41, 5.74) is 4.03. The van der Waals surface area contributed by atoms with E-state index in [1.807, 2.05) is 0 Å². The molecule has 2 fully saturated rings. The monoisotopic (exact) mass is 276 g/mol. The molecule has 1 amide bonds. The standard InChI is InChI=1S/2C6H13N.CH3NO2.H3N/c2*1-2-4-6-7-5-3-1;2-1(3)4;/h2*7H,1-6H2;2H2,(H,3,4);1H3. The Morgan fingerprint density at radius 3 is 1.16 bits per heavy atom. The van der Waals surface area contributed by atoms with Crippen molar-refractivity contribution in [2.45, 2.75) is 51.4 Å². The number of hydrogen-bond acceptors (Lipinski definition) is 4. The number of carbonyl (C=O) groups is 1. The number of carboxylic acid groups (broad SMARTS) is 1. The highest BCUT2D eigenvalue weighted by molar-refractivity contribution is 5.61. The van der Waals surface area contributed by atoms with E-state index >= 15 is 0 Å². The maximum absolute atomic E-state index is 8.78. The van der Waals surface area contributed by atoms with Crippen molar-refractivity contribution in [3.05, 3.63) is 0 Å². The maximum Gasteiger partial charge on any atom is 0.402 e. The molecular weight excluding hydrogens is 244 g/mol. The fourth-order valence-corrected chi connectivity index (χ4v) is 1.96. The first-order valence-electron chi connectivity index (χ1n) is 7.13. The Kier molecular flexibility index (Phi) is 18.5. The van der Waals surface area contributed by atoms with E-state index in [4.69, 9.17) is 9.90 Å². The van der Waals surface area contributed by atoms with E-state index in [1.165, 1.54) is 77.5 Å². The molecule has 0 saturated carbocycles. The summed E-state index contributed by atoms with van der Waals surface area (Å²) in [5.74, 6) is 0. The van der Waals surface area contributed by atoms with Crippen molar-refractivity contribution >= 4 is 6.09 Å². The van der Waals surface area contributed by atoms with Crippen LogP contribution in [-0.2, 0) is 0 Å². The second-order valence-corrected chi connectivity index (χ2v) is 4.67. The highest BCUT2D eigenvalue weighted by Gasteiger charge is 1.94. The van der Waals surface area contributed by atoms with Gasteiger partial charge in [0.2, 0.25) is 0 Å². The minimum Gasteiger partial charge on any atom is -0.465 e. The molecule has 2 aliphatic heterocycles. The Hall–Kier alpha value is -0.850. The summed E-state index contributed by atoms with van der Waals surface area (Å²) in [4.78, 5) is 8.78. The Bertz CT molecular complexity index is 134. The number of nitrogens with two attached hydrogens (primary N) is 1. The smallest absolute Gasteiger partial charge is 0.402 e. The zero-order valence-electron chi connectivity index (χ0n) is 12.1. The molecule has 0 bridgehead atoms. The molecule has 0 radical (unpaired) electrons. The molecule has 19 heavy (non-hydrogen) atoms. The Labute approximate surface area is 117 Å². The lowest BCUT2D eigenvalue weighted by Gasteiger charge is -1.91. The first-order chi connectivity index (χ1) is 8.73. The van der Waals surface area contributed by atoms with Gasteiger partial charge in [-0.3, -0.25) is 0 Å². The van der Waals surface area contributed by atoms with Crippen LogP contribution in [0.4, 0.5) is 4.79 Å². The highest BCUT2D eigenvalue weighted by atomic mass is 16.4. The van der Waals surface area contributed by atoms with E-state index in [0.29, 0.717) is 0 Å². The molecule has 0 atom stereocenters. The molecule has 0 spiro atoms. The summed E-state index contributed by atoms with van der Waals surface area (Å²) in [6.45, 7) is 5.00. The van der Waals surface area contributed by atoms with Crippen molar-refractivity contribution in [1.82, 2.24) is 16.8 Å². The second kappa shape index (κ2) is 17.2. The molecule has 6 heteroatoms. The normalized spacial score (nSPS) is 18.9. The summed E-state index contributed by atoms with van der Waals surface area (Å²) >= 11 is 0. The predicted molar refractivity (Wildman–Crippen MR) is 79.9 cm³/mol. The first kappa shape index (κ1) is 20.5. The van der Waals surface area contributed by atoms with Crippen LogP contribution in [0.25, 0.3) is 0 Å². The quantitative estimate of drug-likeness (QED) is 0.463. The Morgan fingerprint density at radius 1 is 0.737 bits per heavy atom. The van der Waals surface area contributed by atoms with Gasteiger partial charge in [-0.15, -0.1) is 0 Å². The largest absolute Gasteiger partial charge is 0.465 e. The van der Waals surface area contributed by atoms with E-state index in [2.05, 4.69) is 16.4 Å². The van der Waals surface area contributed by atoms with Crippen molar-refractivity contribution in [2.24, 2.45) is 5.73 Å². The zero-order valence-corrected chi connectivity index (χ0v) is 12.1. The molecule has 0 aromatic heterocycles. The summed E-state index contributed by atoms with van der Waals surface area (Å²) in [7, 11) is 0. The number of primary amides is 1. The van der Waals surface area contributed by atoms with Crippen molar-refractivity contribution in [3.8, 4) is 0 Å². The molecule has 0 aliphatic carbocycles. The van der Waals surface area contributed by atoms with Crippen LogP contribution < -0.4 is 22.5 Å². The minimum atomic E-state index is -1.33. The average molecular weight is 276 g/mol. The molecule has 0 aromatic carbocycles. The summed E-state index contributed by atoms with van der Waals surface area (Å²) in [6.07, 6.45) is 9.97.